The second kappa shape index (κ2) is 3.91. The Morgan fingerprint density at radius 1 is 1.29 bits per heavy atom. The minimum atomic E-state index is 0.0428. The number of nitrogens with zero attached hydrogens (tertiary/aromatic N) is 1. The average molecular weight is 228 g/mol. The number of anilines is 1. The number of rotatable bonds is 3. The quantitative estimate of drug-likeness (QED) is 0.876. The molecule has 1 aromatic heterocycles. The number of nitrogen functional groups attached to an aromatic ring is 1. The summed E-state index contributed by atoms with van der Waals surface area (Å²) in [5.41, 5.74) is 6.00. The molecule has 0 radical (unpaired) electrons. The molecule has 0 aliphatic heterocycles. The van der Waals surface area contributed by atoms with Gasteiger partial charge in [0.2, 0.25) is 0 Å². The van der Waals surface area contributed by atoms with Gasteiger partial charge in [0.1, 0.15) is 5.82 Å². The van der Waals surface area contributed by atoms with Gasteiger partial charge in [-0.25, -0.2) is 0 Å². The van der Waals surface area contributed by atoms with Crippen molar-refractivity contribution in [2.45, 2.75) is 25.8 Å². The number of fused-ring (bicyclic) bond motifs is 1. The van der Waals surface area contributed by atoms with E-state index in [0.717, 1.165) is 29.7 Å². The fraction of sp³-hybridized carbons (Fsp3) is 0.357. The van der Waals surface area contributed by atoms with Crippen molar-refractivity contribution in [3.05, 3.63) is 40.7 Å². The molecule has 0 spiro atoms. The van der Waals surface area contributed by atoms with Gasteiger partial charge in [-0.15, -0.1) is 0 Å². The van der Waals surface area contributed by atoms with Crippen LogP contribution in [0.15, 0.2) is 35.1 Å². The first-order valence-electron chi connectivity index (χ1n) is 6.14. The summed E-state index contributed by atoms with van der Waals surface area (Å²) in [6.45, 7) is 0.750. The summed E-state index contributed by atoms with van der Waals surface area (Å²) in [6, 6.07) is 9.51. The molecule has 0 amide bonds. The maximum Gasteiger partial charge on any atom is 0.259 e. The molecule has 0 atom stereocenters. The highest BCUT2D eigenvalue weighted by Gasteiger charge is 2.21. The predicted molar refractivity (Wildman–Crippen MR) is 70.0 cm³/mol. The first-order chi connectivity index (χ1) is 8.25. The first kappa shape index (κ1) is 10.4. The maximum absolute atomic E-state index is 12.3. The molecule has 17 heavy (non-hydrogen) atoms. The van der Waals surface area contributed by atoms with Gasteiger partial charge >= 0.3 is 0 Å². The van der Waals surface area contributed by atoms with Crippen LogP contribution in [0, 0.1) is 5.92 Å². The Hall–Kier alpha value is -1.77. The molecule has 2 N–H and O–H groups in total. The van der Waals surface area contributed by atoms with E-state index in [-0.39, 0.29) is 5.56 Å². The van der Waals surface area contributed by atoms with Gasteiger partial charge < -0.3 is 5.73 Å². The number of aromatic nitrogens is 1. The van der Waals surface area contributed by atoms with Crippen molar-refractivity contribution < 1.29 is 0 Å². The van der Waals surface area contributed by atoms with Crippen LogP contribution in [0.25, 0.3) is 10.8 Å². The molecule has 0 bridgehead atoms. The van der Waals surface area contributed by atoms with E-state index in [4.69, 9.17) is 5.73 Å². The Kier molecular flexibility index (Phi) is 2.39. The van der Waals surface area contributed by atoms with E-state index in [0.29, 0.717) is 5.82 Å². The summed E-state index contributed by atoms with van der Waals surface area (Å²) in [6.07, 6.45) is 3.69. The summed E-state index contributed by atoms with van der Waals surface area (Å²) >= 11 is 0. The van der Waals surface area contributed by atoms with Gasteiger partial charge in [-0.05, 0) is 29.9 Å². The number of pyridine rings is 1. The zero-order valence-electron chi connectivity index (χ0n) is 9.73. The molecule has 1 aliphatic rings. The topological polar surface area (TPSA) is 48.0 Å². The van der Waals surface area contributed by atoms with Gasteiger partial charge in [-0.2, -0.15) is 0 Å². The van der Waals surface area contributed by atoms with Crippen molar-refractivity contribution in [1.82, 2.24) is 4.57 Å². The molecule has 1 aromatic carbocycles. The molecular weight excluding hydrogens is 212 g/mol. The van der Waals surface area contributed by atoms with E-state index in [9.17, 15) is 4.79 Å². The molecule has 2 aromatic rings. The fourth-order valence-electron chi connectivity index (χ4n) is 2.27. The van der Waals surface area contributed by atoms with Gasteiger partial charge in [0.05, 0.1) is 0 Å². The molecule has 3 heteroatoms. The van der Waals surface area contributed by atoms with E-state index < -0.39 is 0 Å². The van der Waals surface area contributed by atoms with E-state index in [2.05, 4.69) is 0 Å². The number of hydrogen-bond donors (Lipinski definition) is 1. The van der Waals surface area contributed by atoms with E-state index in [1.807, 2.05) is 30.3 Å². The van der Waals surface area contributed by atoms with Crippen molar-refractivity contribution in [2.75, 3.05) is 5.73 Å². The summed E-state index contributed by atoms with van der Waals surface area (Å²) in [4.78, 5) is 12.3. The molecule has 3 nitrogen and oxygen atoms in total. The molecule has 3 rings (SSSR count). The standard InChI is InChI=1S/C14H16N2O/c15-13-9-11-3-1-2-4-12(11)14(17)16(13)8-7-10-5-6-10/h1-4,9-10H,5-8,15H2. The molecule has 1 saturated carbocycles. The highest BCUT2D eigenvalue weighted by atomic mass is 16.1. The third-order valence-corrected chi connectivity index (χ3v) is 3.51. The lowest BCUT2D eigenvalue weighted by molar-refractivity contribution is 0.590. The minimum Gasteiger partial charge on any atom is -0.385 e. The van der Waals surface area contributed by atoms with Crippen LogP contribution in [0.3, 0.4) is 0 Å². The Balaban J connectivity index is 2.06. The van der Waals surface area contributed by atoms with Gasteiger partial charge in [0, 0.05) is 11.9 Å². The number of hydrogen-bond acceptors (Lipinski definition) is 2. The van der Waals surface area contributed by atoms with Gasteiger partial charge in [0.15, 0.2) is 0 Å². The number of benzene rings is 1. The monoisotopic (exact) mass is 228 g/mol. The highest BCUT2D eigenvalue weighted by Crippen LogP contribution is 2.32. The normalized spacial score (nSPS) is 15.3. The maximum atomic E-state index is 12.3. The first-order valence-corrected chi connectivity index (χ1v) is 6.14. The Morgan fingerprint density at radius 2 is 2.06 bits per heavy atom. The van der Waals surface area contributed by atoms with E-state index in [1.54, 1.807) is 4.57 Å². The summed E-state index contributed by atoms with van der Waals surface area (Å²) < 4.78 is 1.71. The summed E-state index contributed by atoms with van der Waals surface area (Å²) in [7, 11) is 0. The third kappa shape index (κ3) is 1.93. The Bertz CT molecular complexity index is 611. The molecule has 1 fully saturated rings. The SMILES string of the molecule is Nc1cc2ccccc2c(=O)n1CCC1CC1. The second-order valence-corrected chi connectivity index (χ2v) is 4.85. The van der Waals surface area contributed by atoms with Crippen molar-refractivity contribution >= 4 is 16.6 Å². The van der Waals surface area contributed by atoms with Crippen LogP contribution in [0.1, 0.15) is 19.3 Å². The van der Waals surface area contributed by atoms with E-state index in [1.165, 1.54) is 12.8 Å². The Labute approximate surface area is 99.9 Å². The van der Waals surface area contributed by atoms with Gasteiger partial charge in [-0.1, -0.05) is 31.0 Å². The lowest BCUT2D eigenvalue weighted by Crippen LogP contribution is -2.23. The second-order valence-electron chi connectivity index (χ2n) is 4.85. The van der Waals surface area contributed by atoms with E-state index >= 15 is 0 Å². The van der Waals surface area contributed by atoms with Crippen LogP contribution >= 0.6 is 0 Å². The van der Waals surface area contributed by atoms with Crippen molar-refractivity contribution in [3.8, 4) is 0 Å². The van der Waals surface area contributed by atoms with Crippen LogP contribution < -0.4 is 11.3 Å². The Morgan fingerprint density at radius 3 is 2.82 bits per heavy atom. The zero-order chi connectivity index (χ0) is 11.8. The number of nitrogens with two attached hydrogens (primary N) is 1. The average Bonchev–Trinajstić information content (AvgIpc) is 3.13. The van der Waals surface area contributed by atoms with Crippen molar-refractivity contribution in [2.24, 2.45) is 5.92 Å². The van der Waals surface area contributed by atoms with Crippen LogP contribution in [0.5, 0.6) is 0 Å². The molecule has 1 aliphatic carbocycles. The molecular formula is C14H16N2O. The predicted octanol–water partition coefficient (Wildman–Crippen LogP) is 2.38. The zero-order valence-corrected chi connectivity index (χ0v) is 9.73. The largest absolute Gasteiger partial charge is 0.385 e. The summed E-state index contributed by atoms with van der Waals surface area (Å²) in [5.74, 6) is 1.39. The molecule has 0 saturated heterocycles. The lowest BCUT2D eigenvalue weighted by atomic mass is 10.1. The van der Waals surface area contributed by atoms with Crippen LogP contribution in [0.2, 0.25) is 0 Å². The van der Waals surface area contributed by atoms with Crippen molar-refractivity contribution in [3.63, 3.8) is 0 Å². The summed E-state index contributed by atoms with van der Waals surface area (Å²) in [5, 5.41) is 1.69. The fourth-order valence-corrected chi connectivity index (χ4v) is 2.27. The smallest absolute Gasteiger partial charge is 0.259 e. The van der Waals surface area contributed by atoms with Crippen LogP contribution in [0.4, 0.5) is 5.82 Å². The third-order valence-electron chi connectivity index (χ3n) is 3.51. The lowest BCUT2D eigenvalue weighted by Gasteiger charge is -2.10. The van der Waals surface area contributed by atoms with Crippen LogP contribution in [-0.2, 0) is 6.54 Å². The molecule has 0 unspecified atom stereocenters. The van der Waals surface area contributed by atoms with Crippen LogP contribution in [-0.4, -0.2) is 4.57 Å². The molecule has 1 heterocycles. The minimum absolute atomic E-state index is 0.0428. The highest BCUT2D eigenvalue weighted by molar-refractivity contribution is 5.83. The van der Waals surface area contributed by atoms with Crippen molar-refractivity contribution in [1.29, 1.82) is 0 Å². The molecule has 88 valence electrons. The van der Waals surface area contributed by atoms with Gasteiger partial charge in [-0.3, -0.25) is 9.36 Å². The van der Waals surface area contributed by atoms with Gasteiger partial charge in [0.25, 0.3) is 5.56 Å².